The highest BCUT2D eigenvalue weighted by molar-refractivity contribution is 5.82. The van der Waals surface area contributed by atoms with Crippen molar-refractivity contribution in [3.8, 4) is 0 Å². The average molecular weight is 292 g/mol. The van der Waals surface area contributed by atoms with Crippen molar-refractivity contribution in [2.75, 3.05) is 26.2 Å². The van der Waals surface area contributed by atoms with E-state index in [1.807, 2.05) is 42.2 Å². The van der Waals surface area contributed by atoms with Crippen LogP contribution in [0.3, 0.4) is 0 Å². The lowest BCUT2D eigenvalue weighted by Crippen LogP contribution is -2.49. The van der Waals surface area contributed by atoms with Gasteiger partial charge in [-0.25, -0.2) is 0 Å². The molecule has 2 rings (SSSR count). The van der Waals surface area contributed by atoms with Crippen LogP contribution in [0.15, 0.2) is 30.3 Å². The lowest BCUT2D eigenvalue weighted by molar-refractivity contribution is -0.138. The van der Waals surface area contributed by atoms with Crippen molar-refractivity contribution in [3.63, 3.8) is 0 Å². The van der Waals surface area contributed by atoms with Crippen LogP contribution in [0.1, 0.15) is 18.6 Å². The molecule has 6 heteroatoms. The van der Waals surface area contributed by atoms with Gasteiger partial charge in [0.05, 0.1) is 19.3 Å². The first-order chi connectivity index (χ1) is 10.1. The van der Waals surface area contributed by atoms with Gasteiger partial charge in [-0.1, -0.05) is 30.3 Å². The summed E-state index contributed by atoms with van der Waals surface area (Å²) >= 11 is 0. The van der Waals surface area contributed by atoms with Crippen molar-refractivity contribution in [1.82, 2.24) is 10.2 Å². The summed E-state index contributed by atoms with van der Waals surface area (Å²) in [5.74, 6) is -1.32. The summed E-state index contributed by atoms with van der Waals surface area (Å²) < 4.78 is 5.82. The zero-order chi connectivity index (χ0) is 15.2. The highest BCUT2D eigenvalue weighted by Crippen LogP contribution is 2.24. The molecule has 2 N–H and O–H groups in total. The Morgan fingerprint density at radius 3 is 2.76 bits per heavy atom. The van der Waals surface area contributed by atoms with Gasteiger partial charge in [0, 0.05) is 12.6 Å². The highest BCUT2D eigenvalue weighted by atomic mass is 16.5. The van der Waals surface area contributed by atoms with Crippen molar-refractivity contribution in [3.05, 3.63) is 35.9 Å². The van der Waals surface area contributed by atoms with E-state index < -0.39 is 5.97 Å². The Morgan fingerprint density at radius 1 is 1.38 bits per heavy atom. The second kappa shape index (κ2) is 7.19. The van der Waals surface area contributed by atoms with Gasteiger partial charge in [0.2, 0.25) is 5.91 Å². The first kappa shape index (κ1) is 15.5. The maximum absolute atomic E-state index is 11.7. The Balaban J connectivity index is 1.92. The molecule has 114 valence electrons. The number of hydrogen-bond acceptors (Lipinski definition) is 4. The van der Waals surface area contributed by atoms with E-state index in [1.54, 1.807) is 0 Å². The molecule has 1 aromatic carbocycles. The normalized spacial score (nSPS) is 22.7. The fourth-order valence-electron chi connectivity index (χ4n) is 2.31. The number of morpholine rings is 1. The molecule has 0 aliphatic carbocycles. The lowest BCUT2D eigenvalue weighted by Gasteiger charge is -2.37. The van der Waals surface area contributed by atoms with Crippen LogP contribution in [0.25, 0.3) is 0 Å². The fourth-order valence-corrected chi connectivity index (χ4v) is 2.31. The maximum atomic E-state index is 11.7. The Labute approximate surface area is 123 Å². The summed E-state index contributed by atoms with van der Waals surface area (Å²) in [6.45, 7) is 2.99. The minimum Gasteiger partial charge on any atom is -0.480 e. The number of carbonyl (C=O) groups excluding carboxylic acids is 1. The number of nitrogens with zero attached hydrogens (tertiary/aromatic N) is 1. The van der Waals surface area contributed by atoms with E-state index in [-0.39, 0.29) is 31.1 Å². The van der Waals surface area contributed by atoms with Gasteiger partial charge in [-0.2, -0.15) is 0 Å². The largest absolute Gasteiger partial charge is 0.480 e. The van der Waals surface area contributed by atoms with Crippen molar-refractivity contribution >= 4 is 11.9 Å². The van der Waals surface area contributed by atoms with Crippen molar-refractivity contribution in [1.29, 1.82) is 0 Å². The monoisotopic (exact) mass is 292 g/mol. The first-order valence-electron chi connectivity index (χ1n) is 6.95. The standard InChI is InChI=1S/C15H20N2O4/c1-11-10-21-13(12-5-3-2-4-6-12)8-17(11)9-14(18)16-7-15(19)20/h2-6,11,13H,7-10H2,1H3,(H,16,18)(H,19,20). The molecule has 0 spiro atoms. The van der Waals surface area contributed by atoms with Gasteiger partial charge in [-0.05, 0) is 12.5 Å². The van der Waals surface area contributed by atoms with Crippen LogP contribution >= 0.6 is 0 Å². The number of benzene rings is 1. The molecule has 1 aliphatic heterocycles. The van der Waals surface area contributed by atoms with E-state index in [1.165, 1.54) is 0 Å². The SMILES string of the molecule is CC1COC(c2ccccc2)CN1CC(=O)NCC(=O)O. The van der Waals surface area contributed by atoms with Crippen molar-refractivity contribution in [2.24, 2.45) is 0 Å². The highest BCUT2D eigenvalue weighted by Gasteiger charge is 2.28. The number of hydrogen-bond donors (Lipinski definition) is 2. The fraction of sp³-hybridized carbons (Fsp3) is 0.467. The van der Waals surface area contributed by atoms with Crippen molar-refractivity contribution in [2.45, 2.75) is 19.1 Å². The van der Waals surface area contributed by atoms with Gasteiger partial charge in [-0.15, -0.1) is 0 Å². The summed E-state index contributed by atoms with van der Waals surface area (Å²) in [6.07, 6.45) is -0.0605. The second-order valence-electron chi connectivity index (χ2n) is 5.18. The topological polar surface area (TPSA) is 78.9 Å². The van der Waals surface area contributed by atoms with Gasteiger partial charge in [0.25, 0.3) is 0 Å². The summed E-state index contributed by atoms with van der Waals surface area (Å²) in [5.41, 5.74) is 1.08. The number of ether oxygens (including phenoxy) is 1. The Bertz CT molecular complexity index is 492. The summed E-state index contributed by atoms with van der Waals surface area (Å²) in [7, 11) is 0. The number of carbonyl (C=O) groups is 2. The molecule has 2 unspecified atom stereocenters. The van der Waals surface area contributed by atoms with Crippen LogP contribution in [0.2, 0.25) is 0 Å². The van der Waals surface area contributed by atoms with E-state index in [4.69, 9.17) is 9.84 Å². The molecule has 1 aromatic rings. The first-order valence-corrected chi connectivity index (χ1v) is 6.95. The molecule has 1 amide bonds. The predicted octanol–water partition coefficient (Wildman–Crippen LogP) is 0.649. The van der Waals surface area contributed by atoms with Gasteiger partial charge in [-0.3, -0.25) is 14.5 Å². The molecule has 0 bridgehead atoms. The molecule has 21 heavy (non-hydrogen) atoms. The molecular weight excluding hydrogens is 272 g/mol. The minimum atomic E-state index is -1.04. The van der Waals surface area contributed by atoms with Crippen LogP contribution in [0.4, 0.5) is 0 Å². The molecule has 6 nitrogen and oxygen atoms in total. The Kier molecular flexibility index (Phi) is 5.30. The van der Waals surface area contributed by atoms with Crippen molar-refractivity contribution < 1.29 is 19.4 Å². The lowest BCUT2D eigenvalue weighted by atomic mass is 10.1. The predicted molar refractivity (Wildman–Crippen MR) is 76.8 cm³/mol. The zero-order valence-electron chi connectivity index (χ0n) is 12.0. The third-order valence-corrected chi connectivity index (χ3v) is 3.52. The number of rotatable bonds is 5. The average Bonchev–Trinajstić information content (AvgIpc) is 2.48. The second-order valence-corrected chi connectivity index (χ2v) is 5.18. The molecule has 1 fully saturated rings. The van der Waals surface area contributed by atoms with Crippen LogP contribution in [-0.2, 0) is 14.3 Å². The molecule has 1 saturated heterocycles. The van der Waals surface area contributed by atoms with Crippen LogP contribution < -0.4 is 5.32 Å². The Morgan fingerprint density at radius 2 is 2.10 bits per heavy atom. The quantitative estimate of drug-likeness (QED) is 0.833. The number of nitrogens with one attached hydrogen (secondary N) is 1. The number of aliphatic carboxylic acids is 1. The van der Waals surface area contributed by atoms with Crippen LogP contribution in [0.5, 0.6) is 0 Å². The molecule has 0 radical (unpaired) electrons. The summed E-state index contributed by atoms with van der Waals surface area (Å²) in [5, 5.41) is 10.9. The zero-order valence-corrected chi connectivity index (χ0v) is 12.0. The van der Waals surface area contributed by atoms with E-state index in [9.17, 15) is 9.59 Å². The molecular formula is C15H20N2O4. The summed E-state index contributed by atoms with van der Waals surface area (Å²) in [6, 6.07) is 10.0. The molecule has 1 heterocycles. The smallest absolute Gasteiger partial charge is 0.322 e. The van der Waals surface area contributed by atoms with Crippen LogP contribution in [0, 0.1) is 0 Å². The molecule has 0 saturated carbocycles. The van der Waals surface area contributed by atoms with Crippen LogP contribution in [-0.4, -0.2) is 54.2 Å². The molecule has 1 aliphatic rings. The number of amides is 1. The minimum absolute atomic E-state index is 0.0605. The van der Waals surface area contributed by atoms with E-state index in [2.05, 4.69) is 5.32 Å². The number of carboxylic acids is 1. The Hall–Kier alpha value is -1.92. The summed E-state index contributed by atoms with van der Waals surface area (Å²) in [4.78, 5) is 24.2. The molecule has 2 atom stereocenters. The molecule has 0 aromatic heterocycles. The van der Waals surface area contributed by atoms with E-state index >= 15 is 0 Å². The third kappa shape index (κ3) is 4.54. The van der Waals surface area contributed by atoms with Gasteiger partial charge < -0.3 is 15.2 Å². The number of carboxylic acid groups (broad SMARTS) is 1. The van der Waals surface area contributed by atoms with Gasteiger partial charge >= 0.3 is 5.97 Å². The maximum Gasteiger partial charge on any atom is 0.322 e. The van der Waals surface area contributed by atoms with Gasteiger partial charge in [0.1, 0.15) is 6.54 Å². The third-order valence-electron chi connectivity index (χ3n) is 3.52. The van der Waals surface area contributed by atoms with Gasteiger partial charge in [0.15, 0.2) is 0 Å². The van der Waals surface area contributed by atoms with E-state index in [0.717, 1.165) is 5.56 Å². The van der Waals surface area contributed by atoms with E-state index in [0.29, 0.717) is 13.2 Å².